The van der Waals surface area contributed by atoms with Gasteiger partial charge in [0.15, 0.2) is 16.7 Å². The fourth-order valence-corrected chi connectivity index (χ4v) is 6.30. The highest BCUT2D eigenvalue weighted by molar-refractivity contribution is 7.81. The molecule has 0 aromatic heterocycles. The number of benzene rings is 2. The molecule has 2 aromatic carbocycles. The summed E-state index contributed by atoms with van der Waals surface area (Å²) in [5.74, 6) is -2.55. The molecule has 2 saturated heterocycles. The fourth-order valence-electron chi connectivity index (χ4n) is 5.78. The van der Waals surface area contributed by atoms with Gasteiger partial charge in [0.1, 0.15) is 16.7 Å². The van der Waals surface area contributed by atoms with Crippen LogP contribution in [0.1, 0.15) is 58.6 Å². The van der Waals surface area contributed by atoms with Gasteiger partial charge in [-0.3, -0.25) is 14.6 Å². The molecule has 47 heavy (non-hydrogen) atoms. The number of nitrogens with zero attached hydrogens (tertiary/aromatic N) is 5. The van der Waals surface area contributed by atoms with Gasteiger partial charge in [0.25, 0.3) is 5.91 Å². The molecule has 0 radical (unpaired) electrons. The van der Waals surface area contributed by atoms with Crippen LogP contribution in [-0.4, -0.2) is 75.7 Å². The van der Waals surface area contributed by atoms with Gasteiger partial charge in [-0.05, 0) is 90.0 Å². The lowest BCUT2D eigenvalue weighted by Gasteiger charge is -2.38. The van der Waals surface area contributed by atoms with Crippen LogP contribution in [0, 0.1) is 17.1 Å². The first-order valence-electron chi connectivity index (χ1n) is 14.8. The molecule has 0 spiro atoms. The lowest BCUT2D eigenvalue weighted by atomic mass is 10.0. The average Bonchev–Trinajstić information content (AvgIpc) is 3.77. The fraction of sp³-hybridized carbons (Fsp3) is 0.469. The van der Waals surface area contributed by atoms with Crippen LogP contribution in [0.3, 0.4) is 0 Å². The maximum atomic E-state index is 15.5. The Kier molecular flexibility index (Phi) is 8.51. The summed E-state index contributed by atoms with van der Waals surface area (Å²) in [6, 6.07) is 7.98. The number of piperazine rings is 1. The summed E-state index contributed by atoms with van der Waals surface area (Å²) in [4.78, 5) is 44.9. The van der Waals surface area contributed by atoms with Crippen molar-refractivity contribution >= 4 is 46.7 Å². The van der Waals surface area contributed by atoms with Gasteiger partial charge < -0.3 is 19.3 Å². The normalized spacial score (nSPS) is 19.4. The van der Waals surface area contributed by atoms with Crippen LogP contribution in [0.15, 0.2) is 36.4 Å². The third-order valence-electron chi connectivity index (χ3n) is 8.37. The number of hydrogen-bond donors (Lipinski definition) is 0. The van der Waals surface area contributed by atoms with Gasteiger partial charge in [-0.15, -0.1) is 0 Å². The monoisotopic (exact) mass is 675 g/mol. The SMILES string of the molecule is CC(C)(C)OC(=O)N1CCN(C2(C(=O)Oc3ccc(N4C(=S)N(c5ccc(C#N)c(C(F)(F)F)c5)C(=O)C4(C)C)cc3F)CC2)CC1. The van der Waals surface area contributed by atoms with E-state index in [9.17, 15) is 27.6 Å². The number of alkyl halides is 3. The zero-order valence-electron chi connectivity index (χ0n) is 26.4. The third-order valence-corrected chi connectivity index (χ3v) is 8.74. The average molecular weight is 676 g/mol. The van der Waals surface area contributed by atoms with Crippen molar-refractivity contribution in [1.29, 1.82) is 5.26 Å². The molecule has 2 heterocycles. The minimum Gasteiger partial charge on any atom is -0.444 e. The molecule has 1 aliphatic carbocycles. The second-order valence-corrected chi connectivity index (χ2v) is 13.5. The molecule has 2 amide bonds. The van der Waals surface area contributed by atoms with Gasteiger partial charge in [-0.1, -0.05) is 0 Å². The van der Waals surface area contributed by atoms with E-state index in [-0.39, 0.29) is 22.2 Å². The quantitative estimate of drug-likeness (QED) is 0.173. The van der Waals surface area contributed by atoms with E-state index >= 15 is 4.39 Å². The van der Waals surface area contributed by atoms with Crippen molar-refractivity contribution in [2.75, 3.05) is 36.0 Å². The number of thiocarbonyl (C=S) groups is 1. The zero-order valence-corrected chi connectivity index (χ0v) is 27.2. The van der Waals surface area contributed by atoms with E-state index in [1.54, 1.807) is 25.7 Å². The highest BCUT2D eigenvalue weighted by Gasteiger charge is 2.57. The van der Waals surface area contributed by atoms with E-state index in [0.717, 1.165) is 17.0 Å². The number of carbonyl (C=O) groups excluding carboxylic acids is 3. The Balaban J connectivity index is 1.31. The van der Waals surface area contributed by atoms with Crippen molar-refractivity contribution in [2.24, 2.45) is 0 Å². The number of carbonyl (C=O) groups is 3. The smallest absolute Gasteiger partial charge is 0.417 e. The van der Waals surface area contributed by atoms with Crippen molar-refractivity contribution < 1.29 is 41.4 Å². The second-order valence-electron chi connectivity index (χ2n) is 13.1. The number of anilines is 2. The molecule has 15 heteroatoms. The maximum Gasteiger partial charge on any atom is 0.417 e. The zero-order chi connectivity index (χ0) is 34.7. The van der Waals surface area contributed by atoms with Crippen LogP contribution < -0.4 is 14.5 Å². The number of esters is 1. The van der Waals surface area contributed by atoms with Crippen LogP contribution in [0.25, 0.3) is 0 Å². The third kappa shape index (κ3) is 6.36. The van der Waals surface area contributed by atoms with Gasteiger partial charge in [0.2, 0.25) is 0 Å². The summed E-state index contributed by atoms with van der Waals surface area (Å²) in [6.07, 6.45) is -4.26. The number of nitriles is 1. The predicted molar refractivity (Wildman–Crippen MR) is 166 cm³/mol. The first kappa shape index (κ1) is 34.1. The Labute approximate surface area is 274 Å². The highest BCUT2D eigenvalue weighted by Crippen LogP contribution is 2.45. The Morgan fingerprint density at radius 3 is 2.13 bits per heavy atom. The van der Waals surface area contributed by atoms with Crippen LogP contribution in [0.2, 0.25) is 0 Å². The first-order chi connectivity index (χ1) is 21.8. The van der Waals surface area contributed by atoms with Crippen molar-refractivity contribution in [3.8, 4) is 11.8 Å². The van der Waals surface area contributed by atoms with Crippen molar-refractivity contribution in [2.45, 2.75) is 70.3 Å². The largest absolute Gasteiger partial charge is 0.444 e. The van der Waals surface area contributed by atoms with Crippen molar-refractivity contribution in [3.63, 3.8) is 0 Å². The number of amides is 2. The summed E-state index contributed by atoms with van der Waals surface area (Å²) in [6.45, 7) is 9.85. The molecule has 0 bridgehead atoms. The molecule has 0 atom stereocenters. The molecular weight excluding hydrogens is 642 g/mol. The van der Waals surface area contributed by atoms with Crippen LogP contribution in [-0.2, 0) is 20.5 Å². The van der Waals surface area contributed by atoms with Gasteiger partial charge in [0, 0.05) is 37.9 Å². The lowest BCUT2D eigenvalue weighted by Crippen LogP contribution is -2.56. The van der Waals surface area contributed by atoms with Crippen LogP contribution in [0.4, 0.5) is 33.7 Å². The van der Waals surface area contributed by atoms with Gasteiger partial charge in [0.05, 0.1) is 22.9 Å². The topological polar surface area (TPSA) is 106 Å². The van der Waals surface area contributed by atoms with E-state index in [1.165, 1.54) is 43.0 Å². The molecule has 3 fully saturated rings. The number of hydrogen-bond acceptors (Lipinski definition) is 8. The van der Waals surface area contributed by atoms with Gasteiger partial charge in [-0.25, -0.2) is 14.0 Å². The minimum absolute atomic E-state index is 0.109. The summed E-state index contributed by atoms with van der Waals surface area (Å²) in [5.41, 5.74) is -4.93. The molecule has 250 valence electrons. The van der Waals surface area contributed by atoms with E-state index in [0.29, 0.717) is 45.1 Å². The molecular formula is C32H33F4N5O5S. The first-order valence-corrected chi connectivity index (χ1v) is 15.3. The van der Waals surface area contributed by atoms with Gasteiger partial charge in [-0.2, -0.15) is 18.4 Å². The molecule has 5 rings (SSSR count). The summed E-state index contributed by atoms with van der Waals surface area (Å²) < 4.78 is 67.4. The van der Waals surface area contributed by atoms with E-state index in [2.05, 4.69) is 0 Å². The molecule has 10 nitrogen and oxygen atoms in total. The Hall–Kier alpha value is -4.29. The molecule has 0 N–H and O–H groups in total. The van der Waals surface area contributed by atoms with Crippen LogP contribution in [0.5, 0.6) is 5.75 Å². The predicted octanol–water partition coefficient (Wildman–Crippen LogP) is 5.62. The molecule has 2 aromatic rings. The van der Waals surface area contributed by atoms with Crippen molar-refractivity contribution in [3.05, 3.63) is 53.3 Å². The number of ether oxygens (including phenoxy) is 2. The van der Waals surface area contributed by atoms with Crippen molar-refractivity contribution in [1.82, 2.24) is 9.80 Å². The molecule has 0 unspecified atom stereocenters. The Morgan fingerprint density at radius 1 is 0.979 bits per heavy atom. The Bertz CT molecular complexity index is 1690. The summed E-state index contributed by atoms with van der Waals surface area (Å²) in [7, 11) is 0. The minimum atomic E-state index is -4.86. The molecule has 3 aliphatic rings. The van der Waals surface area contributed by atoms with E-state index in [1.807, 2.05) is 4.90 Å². The highest BCUT2D eigenvalue weighted by atomic mass is 32.1. The Morgan fingerprint density at radius 2 is 1.60 bits per heavy atom. The molecule has 2 aliphatic heterocycles. The second kappa shape index (κ2) is 11.7. The summed E-state index contributed by atoms with van der Waals surface area (Å²) in [5, 5.41) is 8.94. The molecule has 1 saturated carbocycles. The standard InChI is InChI=1S/C32H33F4N5O5S/c1-29(2,3)46-28(44)38-12-14-39(15-13-38)31(10-11-31)26(43)45-24-9-8-21(17-23(24)33)41-27(47)40(25(42)30(41,4)5)20-7-6-19(18-37)22(16-20)32(34,35)36/h6-9,16-17H,10-15H2,1-5H3. The van der Waals surface area contributed by atoms with E-state index < -0.39 is 57.8 Å². The lowest BCUT2D eigenvalue weighted by molar-refractivity contribution is -0.143. The van der Waals surface area contributed by atoms with Crippen LogP contribution >= 0.6 is 12.2 Å². The van der Waals surface area contributed by atoms with E-state index in [4.69, 9.17) is 27.0 Å². The number of halogens is 4. The maximum absolute atomic E-state index is 15.5. The summed E-state index contributed by atoms with van der Waals surface area (Å²) >= 11 is 5.51. The number of rotatable bonds is 5. The van der Waals surface area contributed by atoms with Gasteiger partial charge >= 0.3 is 18.2 Å².